The summed E-state index contributed by atoms with van der Waals surface area (Å²) in [4.78, 5) is 16.6. The van der Waals surface area contributed by atoms with E-state index in [0.717, 1.165) is 27.7 Å². The SMILES string of the molecule is CCc1ccccc1NC(=O)CSc1n[nH]c(-c2cccc(Br)c2)n1. The summed E-state index contributed by atoms with van der Waals surface area (Å²) >= 11 is 4.74. The molecule has 1 heterocycles. The summed E-state index contributed by atoms with van der Waals surface area (Å²) in [6, 6.07) is 15.6. The average Bonchev–Trinajstić information content (AvgIpc) is 3.09. The molecular formula is C18H17BrN4OS. The van der Waals surface area contributed by atoms with Gasteiger partial charge in [0.2, 0.25) is 11.1 Å². The first-order valence-electron chi connectivity index (χ1n) is 7.84. The zero-order valence-electron chi connectivity index (χ0n) is 13.6. The highest BCUT2D eigenvalue weighted by molar-refractivity contribution is 9.10. The van der Waals surface area contributed by atoms with Crippen molar-refractivity contribution in [2.24, 2.45) is 0 Å². The van der Waals surface area contributed by atoms with Gasteiger partial charge in [0.25, 0.3) is 0 Å². The zero-order chi connectivity index (χ0) is 17.6. The fraction of sp³-hybridized carbons (Fsp3) is 0.167. The van der Waals surface area contributed by atoms with Crippen molar-refractivity contribution >= 4 is 39.3 Å². The van der Waals surface area contributed by atoms with Crippen molar-refractivity contribution in [1.29, 1.82) is 0 Å². The van der Waals surface area contributed by atoms with Crippen LogP contribution in [-0.2, 0) is 11.2 Å². The van der Waals surface area contributed by atoms with Gasteiger partial charge in [-0.25, -0.2) is 4.98 Å². The van der Waals surface area contributed by atoms with Crippen LogP contribution in [0.1, 0.15) is 12.5 Å². The lowest BCUT2D eigenvalue weighted by Gasteiger charge is -2.08. The van der Waals surface area contributed by atoms with Crippen LogP contribution in [0.5, 0.6) is 0 Å². The molecule has 7 heteroatoms. The Balaban J connectivity index is 1.59. The number of halogens is 1. The van der Waals surface area contributed by atoms with Gasteiger partial charge in [0.05, 0.1) is 5.75 Å². The van der Waals surface area contributed by atoms with Gasteiger partial charge in [-0.2, -0.15) is 0 Å². The Morgan fingerprint density at radius 2 is 2.08 bits per heavy atom. The van der Waals surface area contributed by atoms with Crippen LogP contribution in [0.25, 0.3) is 11.4 Å². The molecule has 1 aromatic heterocycles. The van der Waals surface area contributed by atoms with Crippen LogP contribution in [0.3, 0.4) is 0 Å². The summed E-state index contributed by atoms with van der Waals surface area (Å²) in [6.45, 7) is 2.07. The van der Waals surface area contributed by atoms with E-state index in [1.54, 1.807) is 0 Å². The smallest absolute Gasteiger partial charge is 0.234 e. The number of rotatable bonds is 6. The number of aromatic amines is 1. The summed E-state index contributed by atoms with van der Waals surface area (Å²) in [5, 5.41) is 10.6. The first-order valence-corrected chi connectivity index (χ1v) is 9.62. The van der Waals surface area contributed by atoms with E-state index < -0.39 is 0 Å². The van der Waals surface area contributed by atoms with Gasteiger partial charge in [-0.1, -0.05) is 64.9 Å². The van der Waals surface area contributed by atoms with E-state index in [9.17, 15) is 4.79 Å². The maximum absolute atomic E-state index is 12.2. The van der Waals surface area contributed by atoms with Crippen LogP contribution in [0, 0.1) is 0 Å². The lowest BCUT2D eigenvalue weighted by Crippen LogP contribution is -2.15. The van der Waals surface area contributed by atoms with Crippen molar-refractivity contribution in [3.05, 3.63) is 58.6 Å². The van der Waals surface area contributed by atoms with Crippen molar-refractivity contribution < 1.29 is 4.79 Å². The number of nitrogens with zero attached hydrogens (tertiary/aromatic N) is 2. The van der Waals surface area contributed by atoms with Crippen LogP contribution >= 0.6 is 27.7 Å². The predicted octanol–water partition coefficient (Wildman–Crippen LogP) is 4.53. The average molecular weight is 417 g/mol. The number of nitrogens with one attached hydrogen (secondary N) is 2. The Morgan fingerprint density at radius 3 is 2.88 bits per heavy atom. The second-order valence-electron chi connectivity index (χ2n) is 5.32. The van der Waals surface area contributed by atoms with Crippen molar-refractivity contribution in [2.45, 2.75) is 18.5 Å². The highest BCUT2D eigenvalue weighted by Crippen LogP contribution is 2.22. The molecule has 0 radical (unpaired) electrons. The van der Waals surface area contributed by atoms with Gasteiger partial charge in [-0.15, -0.1) is 5.10 Å². The number of carbonyl (C=O) groups is 1. The molecule has 0 fully saturated rings. The minimum Gasteiger partial charge on any atom is -0.325 e. The maximum atomic E-state index is 12.2. The Labute approximate surface area is 158 Å². The number of amides is 1. The molecule has 128 valence electrons. The molecule has 0 aliphatic heterocycles. The van der Waals surface area contributed by atoms with Crippen LogP contribution < -0.4 is 5.32 Å². The molecule has 2 aromatic carbocycles. The van der Waals surface area contributed by atoms with Crippen molar-refractivity contribution in [2.75, 3.05) is 11.1 Å². The number of benzene rings is 2. The summed E-state index contributed by atoms with van der Waals surface area (Å²) < 4.78 is 0.976. The Bertz CT molecular complexity index is 881. The standard InChI is InChI=1S/C18H17BrN4OS/c1-2-12-6-3-4-9-15(12)20-16(24)11-25-18-21-17(22-23-18)13-7-5-8-14(19)10-13/h3-10H,2,11H2,1H3,(H,20,24)(H,21,22,23). The molecule has 0 saturated heterocycles. The van der Waals surface area contributed by atoms with E-state index in [1.165, 1.54) is 11.8 Å². The molecule has 3 aromatic rings. The number of hydrogen-bond acceptors (Lipinski definition) is 4. The van der Waals surface area contributed by atoms with Crippen molar-refractivity contribution in [1.82, 2.24) is 15.2 Å². The lowest BCUT2D eigenvalue weighted by molar-refractivity contribution is -0.113. The van der Waals surface area contributed by atoms with Gasteiger partial charge >= 0.3 is 0 Å². The molecule has 3 rings (SSSR count). The minimum atomic E-state index is -0.0697. The van der Waals surface area contributed by atoms with E-state index in [1.807, 2.05) is 48.5 Å². The first kappa shape index (κ1) is 17.7. The molecule has 0 saturated carbocycles. The van der Waals surface area contributed by atoms with E-state index >= 15 is 0 Å². The third kappa shape index (κ3) is 4.70. The van der Waals surface area contributed by atoms with Crippen LogP contribution in [0.15, 0.2) is 58.2 Å². The second-order valence-corrected chi connectivity index (χ2v) is 7.18. The van der Waals surface area contributed by atoms with Gasteiger partial charge in [-0.05, 0) is 30.2 Å². The number of para-hydroxylation sites is 1. The Kier molecular flexibility index (Phi) is 5.88. The van der Waals surface area contributed by atoms with Crippen LogP contribution in [0.4, 0.5) is 5.69 Å². The summed E-state index contributed by atoms with van der Waals surface area (Å²) in [5.41, 5.74) is 2.92. The second kappa shape index (κ2) is 8.31. The molecule has 0 bridgehead atoms. The third-order valence-corrected chi connectivity index (χ3v) is 4.91. The predicted molar refractivity (Wildman–Crippen MR) is 105 cm³/mol. The topological polar surface area (TPSA) is 70.7 Å². The molecule has 25 heavy (non-hydrogen) atoms. The highest BCUT2D eigenvalue weighted by Gasteiger charge is 2.10. The van der Waals surface area contributed by atoms with E-state index in [2.05, 4.69) is 43.4 Å². The summed E-state index contributed by atoms with van der Waals surface area (Å²) in [7, 11) is 0. The number of thioether (sulfide) groups is 1. The van der Waals surface area contributed by atoms with Gasteiger partial charge in [0.1, 0.15) is 0 Å². The monoisotopic (exact) mass is 416 g/mol. The molecule has 0 atom stereocenters. The number of aryl methyl sites for hydroxylation is 1. The molecule has 0 unspecified atom stereocenters. The fourth-order valence-corrected chi connectivity index (χ4v) is 3.34. The number of carbonyl (C=O) groups excluding carboxylic acids is 1. The molecule has 1 amide bonds. The van der Waals surface area contributed by atoms with E-state index in [-0.39, 0.29) is 11.7 Å². The fourth-order valence-electron chi connectivity index (χ4n) is 2.34. The van der Waals surface area contributed by atoms with Crippen molar-refractivity contribution in [3.8, 4) is 11.4 Å². The Morgan fingerprint density at radius 1 is 1.24 bits per heavy atom. The molecule has 2 N–H and O–H groups in total. The summed E-state index contributed by atoms with van der Waals surface area (Å²) in [6.07, 6.45) is 0.876. The van der Waals surface area contributed by atoms with Gasteiger partial charge < -0.3 is 5.32 Å². The van der Waals surface area contributed by atoms with E-state index in [4.69, 9.17) is 0 Å². The van der Waals surface area contributed by atoms with Crippen LogP contribution in [0.2, 0.25) is 0 Å². The van der Waals surface area contributed by atoms with Crippen LogP contribution in [-0.4, -0.2) is 26.8 Å². The molecular weight excluding hydrogens is 400 g/mol. The number of aromatic nitrogens is 3. The lowest BCUT2D eigenvalue weighted by atomic mass is 10.1. The number of hydrogen-bond donors (Lipinski definition) is 2. The van der Waals surface area contributed by atoms with Crippen molar-refractivity contribution in [3.63, 3.8) is 0 Å². The molecule has 0 aliphatic carbocycles. The largest absolute Gasteiger partial charge is 0.325 e. The quantitative estimate of drug-likeness (QED) is 0.579. The normalized spacial score (nSPS) is 10.6. The third-order valence-electron chi connectivity index (χ3n) is 3.57. The zero-order valence-corrected chi connectivity index (χ0v) is 16.0. The number of H-pyrrole nitrogens is 1. The van der Waals surface area contributed by atoms with E-state index in [0.29, 0.717) is 11.0 Å². The minimum absolute atomic E-state index is 0.0697. The molecule has 0 aliphatic rings. The Hall–Kier alpha value is -2.12. The maximum Gasteiger partial charge on any atom is 0.234 e. The van der Waals surface area contributed by atoms with Gasteiger partial charge in [0, 0.05) is 15.7 Å². The van der Waals surface area contributed by atoms with Gasteiger partial charge in [-0.3, -0.25) is 9.89 Å². The first-order chi connectivity index (χ1) is 12.2. The molecule has 0 spiro atoms. The summed E-state index contributed by atoms with van der Waals surface area (Å²) in [5.74, 6) is 0.869. The highest BCUT2D eigenvalue weighted by atomic mass is 79.9. The van der Waals surface area contributed by atoms with Gasteiger partial charge in [0.15, 0.2) is 5.82 Å². The number of anilines is 1. The molecule has 5 nitrogen and oxygen atoms in total.